The van der Waals surface area contributed by atoms with E-state index in [9.17, 15) is 0 Å². The van der Waals surface area contributed by atoms with Crippen LogP contribution in [0.5, 0.6) is 5.88 Å². The van der Waals surface area contributed by atoms with E-state index in [1.807, 2.05) is 32.9 Å². The fourth-order valence-corrected chi connectivity index (χ4v) is 0.930. The monoisotopic (exact) mass is 179 g/mol. The van der Waals surface area contributed by atoms with Crippen molar-refractivity contribution in [3.8, 4) is 5.88 Å². The van der Waals surface area contributed by atoms with Crippen molar-refractivity contribution in [1.29, 1.82) is 0 Å². The molecule has 1 fully saturated rings. The molecular formula is C11H17NO. The van der Waals surface area contributed by atoms with E-state index < -0.39 is 0 Å². The fourth-order valence-electron chi connectivity index (χ4n) is 0.930. The topological polar surface area (TPSA) is 22.1 Å². The number of aryl methyl sites for hydroxylation is 1. The van der Waals surface area contributed by atoms with Gasteiger partial charge in [0.25, 0.3) is 0 Å². The standard InChI is InChI=1S/C9H11NO.C2H6/c1-7-4-5-10-9(6-7)11-8-2-3-8;1-2/h4-6,8H,2-3H2,1H3;1-2H3. The van der Waals surface area contributed by atoms with E-state index in [0.29, 0.717) is 6.10 Å². The summed E-state index contributed by atoms with van der Waals surface area (Å²) in [7, 11) is 0. The summed E-state index contributed by atoms with van der Waals surface area (Å²) in [5.74, 6) is 0.771. The number of aromatic nitrogens is 1. The first-order valence-electron chi connectivity index (χ1n) is 4.94. The maximum atomic E-state index is 5.50. The van der Waals surface area contributed by atoms with Gasteiger partial charge in [-0.3, -0.25) is 0 Å². The molecule has 0 bridgehead atoms. The van der Waals surface area contributed by atoms with Crippen molar-refractivity contribution in [2.45, 2.75) is 39.7 Å². The normalized spacial score (nSPS) is 14.4. The molecule has 1 saturated carbocycles. The van der Waals surface area contributed by atoms with E-state index >= 15 is 0 Å². The number of rotatable bonds is 2. The van der Waals surface area contributed by atoms with Crippen molar-refractivity contribution in [3.05, 3.63) is 23.9 Å². The van der Waals surface area contributed by atoms with Gasteiger partial charge in [-0.1, -0.05) is 13.8 Å². The predicted octanol–water partition coefficient (Wildman–Crippen LogP) is 2.96. The SMILES string of the molecule is CC.Cc1ccnc(OC2CC2)c1. The lowest BCUT2D eigenvalue weighted by atomic mass is 10.3. The fraction of sp³-hybridized carbons (Fsp3) is 0.545. The van der Waals surface area contributed by atoms with Crippen LogP contribution in [0.4, 0.5) is 0 Å². The highest BCUT2D eigenvalue weighted by atomic mass is 16.5. The molecule has 0 radical (unpaired) electrons. The molecule has 0 unspecified atom stereocenters. The Labute approximate surface area is 80.0 Å². The Bertz CT molecular complexity index is 256. The Morgan fingerprint density at radius 2 is 2.08 bits per heavy atom. The van der Waals surface area contributed by atoms with E-state index in [4.69, 9.17) is 4.74 Å². The van der Waals surface area contributed by atoms with Gasteiger partial charge < -0.3 is 4.74 Å². The molecule has 1 aliphatic carbocycles. The third-order valence-electron chi connectivity index (χ3n) is 1.70. The molecule has 0 amide bonds. The van der Waals surface area contributed by atoms with E-state index in [-0.39, 0.29) is 0 Å². The largest absolute Gasteiger partial charge is 0.474 e. The van der Waals surface area contributed by atoms with E-state index in [1.165, 1.54) is 18.4 Å². The molecule has 1 heterocycles. The number of hydrogen-bond donors (Lipinski definition) is 0. The van der Waals surface area contributed by atoms with E-state index in [2.05, 4.69) is 4.98 Å². The first kappa shape index (κ1) is 10.0. The first-order chi connectivity index (χ1) is 6.34. The van der Waals surface area contributed by atoms with E-state index in [1.54, 1.807) is 6.20 Å². The number of pyridine rings is 1. The highest BCUT2D eigenvalue weighted by Crippen LogP contribution is 2.25. The van der Waals surface area contributed by atoms with Gasteiger partial charge >= 0.3 is 0 Å². The molecule has 1 aromatic heterocycles. The van der Waals surface area contributed by atoms with Crippen LogP contribution in [-0.2, 0) is 0 Å². The Hall–Kier alpha value is -1.05. The number of hydrogen-bond acceptors (Lipinski definition) is 2. The van der Waals surface area contributed by atoms with Crippen LogP contribution in [0.2, 0.25) is 0 Å². The molecule has 13 heavy (non-hydrogen) atoms. The van der Waals surface area contributed by atoms with Gasteiger partial charge in [0.1, 0.15) is 6.10 Å². The van der Waals surface area contributed by atoms with Crippen LogP contribution in [0.15, 0.2) is 18.3 Å². The highest BCUT2D eigenvalue weighted by Gasteiger charge is 2.23. The van der Waals surface area contributed by atoms with Gasteiger partial charge in [0.05, 0.1) is 0 Å². The molecule has 1 aromatic rings. The average molecular weight is 179 g/mol. The summed E-state index contributed by atoms with van der Waals surface area (Å²) in [6.45, 7) is 6.04. The van der Waals surface area contributed by atoms with Crippen molar-refractivity contribution in [2.75, 3.05) is 0 Å². The lowest BCUT2D eigenvalue weighted by molar-refractivity contribution is 0.291. The van der Waals surface area contributed by atoms with Crippen molar-refractivity contribution in [3.63, 3.8) is 0 Å². The van der Waals surface area contributed by atoms with Crippen LogP contribution >= 0.6 is 0 Å². The Kier molecular flexibility index (Phi) is 3.74. The molecule has 0 N–H and O–H groups in total. The maximum Gasteiger partial charge on any atom is 0.213 e. The van der Waals surface area contributed by atoms with Gasteiger partial charge in [-0.2, -0.15) is 0 Å². The second-order valence-corrected chi connectivity index (χ2v) is 2.99. The number of ether oxygens (including phenoxy) is 1. The smallest absolute Gasteiger partial charge is 0.213 e. The van der Waals surface area contributed by atoms with Gasteiger partial charge in [0, 0.05) is 12.3 Å². The van der Waals surface area contributed by atoms with Crippen molar-refractivity contribution in [1.82, 2.24) is 4.98 Å². The van der Waals surface area contributed by atoms with Gasteiger partial charge in [-0.05, 0) is 31.4 Å². The number of nitrogens with zero attached hydrogens (tertiary/aromatic N) is 1. The van der Waals surface area contributed by atoms with Gasteiger partial charge in [-0.15, -0.1) is 0 Å². The van der Waals surface area contributed by atoms with Crippen LogP contribution in [0.25, 0.3) is 0 Å². The Morgan fingerprint density at radius 3 is 2.62 bits per heavy atom. The molecule has 0 aliphatic heterocycles. The lowest BCUT2D eigenvalue weighted by Crippen LogP contribution is -1.97. The molecule has 2 rings (SSSR count). The minimum atomic E-state index is 0.448. The van der Waals surface area contributed by atoms with Crippen molar-refractivity contribution < 1.29 is 4.74 Å². The summed E-state index contributed by atoms with van der Waals surface area (Å²) >= 11 is 0. The summed E-state index contributed by atoms with van der Waals surface area (Å²) < 4.78 is 5.50. The molecule has 72 valence electrons. The van der Waals surface area contributed by atoms with Gasteiger partial charge in [0.2, 0.25) is 5.88 Å². The first-order valence-corrected chi connectivity index (χ1v) is 4.94. The molecule has 0 spiro atoms. The van der Waals surface area contributed by atoms with Crippen LogP contribution in [0.1, 0.15) is 32.3 Å². The van der Waals surface area contributed by atoms with Crippen molar-refractivity contribution in [2.24, 2.45) is 0 Å². The Morgan fingerprint density at radius 1 is 1.38 bits per heavy atom. The second-order valence-electron chi connectivity index (χ2n) is 2.99. The summed E-state index contributed by atoms with van der Waals surface area (Å²) in [5.41, 5.74) is 1.20. The van der Waals surface area contributed by atoms with E-state index in [0.717, 1.165) is 5.88 Å². The maximum absolute atomic E-state index is 5.50. The summed E-state index contributed by atoms with van der Waals surface area (Å²) in [4.78, 5) is 4.10. The molecule has 2 heteroatoms. The predicted molar refractivity (Wildman–Crippen MR) is 54.0 cm³/mol. The van der Waals surface area contributed by atoms with Crippen LogP contribution in [0, 0.1) is 6.92 Å². The minimum absolute atomic E-state index is 0.448. The molecule has 1 aliphatic rings. The quantitative estimate of drug-likeness (QED) is 0.696. The van der Waals surface area contributed by atoms with Crippen LogP contribution in [0.3, 0.4) is 0 Å². The molecule has 0 aromatic carbocycles. The molecular weight excluding hydrogens is 162 g/mol. The average Bonchev–Trinajstić information content (AvgIpc) is 2.92. The third kappa shape index (κ3) is 3.45. The van der Waals surface area contributed by atoms with Gasteiger partial charge in [-0.25, -0.2) is 4.98 Å². The lowest BCUT2D eigenvalue weighted by Gasteiger charge is -2.01. The zero-order valence-corrected chi connectivity index (χ0v) is 8.58. The van der Waals surface area contributed by atoms with Crippen molar-refractivity contribution >= 4 is 0 Å². The van der Waals surface area contributed by atoms with Crippen LogP contribution in [-0.4, -0.2) is 11.1 Å². The van der Waals surface area contributed by atoms with Crippen LogP contribution < -0.4 is 4.74 Å². The second kappa shape index (κ2) is 4.85. The minimum Gasteiger partial charge on any atom is -0.474 e. The van der Waals surface area contributed by atoms with Gasteiger partial charge in [0.15, 0.2) is 0 Å². The summed E-state index contributed by atoms with van der Waals surface area (Å²) in [6.07, 6.45) is 4.61. The zero-order valence-electron chi connectivity index (χ0n) is 8.58. The highest BCUT2D eigenvalue weighted by molar-refractivity contribution is 5.19. The third-order valence-corrected chi connectivity index (χ3v) is 1.70. The Balaban J connectivity index is 0.000000396. The molecule has 0 atom stereocenters. The molecule has 2 nitrogen and oxygen atoms in total. The summed E-state index contributed by atoms with van der Waals surface area (Å²) in [5, 5.41) is 0. The molecule has 0 saturated heterocycles. The zero-order chi connectivity index (χ0) is 9.68. The summed E-state index contributed by atoms with van der Waals surface area (Å²) in [6, 6.07) is 3.94.